The minimum absolute atomic E-state index is 0.0156. The minimum atomic E-state index is -3.04. The van der Waals surface area contributed by atoms with E-state index in [2.05, 4.69) is 10.1 Å². The van der Waals surface area contributed by atoms with Gasteiger partial charge in [-0.2, -0.15) is 8.78 Å². The molecule has 0 bridgehead atoms. The van der Waals surface area contributed by atoms with Gasteiger partial charge in [-0.05, 0) is 24.3 Å². The maximum Gasteiger partial charge on any atom is 0.387 e. The standard InChI is InChI=1S/C14H8Cl2F2N2O4/c15-10-3-2-8(20(22)23)6-9(10)13(21)19-7-1-4-12(11(16)5-7)24-14(17)18/h1-6,14H,(H,19,21). The van der Waals surface area contributed by atoms with Gasteiger partial charge in [0.1, 0.15) is 5.75 Å². The van der Waals surface area contributed by atoms with Crippen LogP contribution in [0.3, 0.4) is 0 Å². The highest BCUT2D eigenvalue weighted by Crippen LogP contribution is 2.30. The summed E-state index contributed by atoms with van der Waals surface area (Å²) in [7, 11) is 0. The average molecular weight is 377 g/mol. The van der Waals surface area contributed by atoms with Crippen LogP contribution in [0.25, 0.3) is 0 Å². The smallest absolute Gasteiger partial charge is 0.387 e. The molecule has 2 rings (SSSR count). The number of carbonyl (C=O) groups excluding carboxylic acids is 1. The molecule has 0 radical (unpaired) electrons. The van der Waals surface area contributed by atoms with E-state index >= 15 is 0 Å². The minimum Gasteiger partial charge on any atom is -0.433 e. The number of halogens is 4. The summed E-state index contributed by atoms with van der Waals surface area (Å²) in [5.74, 6) is -0.972. The first-order valence-electron chi connectivity index (χ1n) is 6.27. The molecule has 0 aliphatic heterocycles. The van der Waals surface area contributed by atoms with E-state index in [1.165, 1.54) is 18.2 Å². The van der Waals surface area contributed by atoms with Crippen LogP contribution in [0.1, 0.15) is 10.4 Å². The van der Waals surface area contributed by atoms with Crippen LogP contribution in [-0.4, -0.2) is 17.4 Å². The summed E-state index contributed by atoms with van der Waals surface area (Å²) < 4.78 is 28.5. The molecule has 1 amide bonds. The van der Waals surface area contributed by atoms with E-state index in [0.717, 1.165) is 18.2 Å². The monoisotopic (exact) mass is 376 g/mol. The Morgan fingerprint density at radius 2 is 1.88 bits per heavy atom. The zero-order valence-corrected chi connectivity index (χ0v) is 13.1. The molecule has 0 atom stereocenters. The van der Waals surface area contributed by atoms with Gasteiger partial charge in [0.25, 0.3) is 11.6 Å². The second-order valence-corrected chi connectivity index (χ2v) is 5.21. The predicted molar refractivity (Wildman–Crippen MR) is 84.1 cm³/mol. The molecule has 2 aromatic rings. The number of non-ortho nitro benzene ring substituents is 1. The van der Waals surface area contributed by atoms with Crippen molar-refractivity contribution in [2.75, 3.05) is 5.32 Å². The third kappa shape index (κ3) is 4.30. The quantitative estimate of drug-likeness (QED) is 0.602. The van der Waals surface area contributed by atoms with Gasteiger partial charge in [0.2, 0.25) is 0 Å². The SMILES string of the molecule is O=C(Nc1ccc(OC(F)F)c(Cl)c1)c1cc([N+](=O)[O-])ccc1Cl. The maximum absolute atomic E-state index is 12.2. The number of carbonyl (C=O) groups is 1. The lowest BCUT2D eigenvalue weighted by Gasteiger charge is -2.10. The summed E-state index contributed by atoms with van der Waals surface area (Å²) in [5.41, 5.74) is -0.243. The summed E-state index contributed by atoms with van der Waals surface area (Å²) in [6.45, 7) is -3.04. The van der Waals surface area contributed by atoms with E-state index in [9.17, 15) is 23.7 Å². The molecule has 0 heterocycles. The van der Waals surface area contributed by atoms with E-state index < -0.39 is 17.4 Å². The molecular formula is C14H8Cl2F2N2O4. The molecule has 0 spiro atoms. The van der Waals surface area contributed by atoms with Crippen molar-refractivity contribution in [3.8, 4) is 5.75 Å². The van der Waals surface area contributed by atoms with Gasteiger partial charge >= 0.3 is 6.61 Å². The molecule has 24 heavy (non-hydrogen) atoms. The van der Waals surface area contributed by atoms with Crippen LogP contribution < -0.4 is 10.1 Å². The topological polar surface area (TPSA) is 81.5 Å². The Labute approximate surface area is 144 Å². The van der Waals surface area contributed by atoms with Crippen molar-refractivity contribution in [3.63, 3.8) is 0 Å². The zero-order chi connectivity index (χ0) is 17.9. The van der Waals surface area contributed by atoms with Crippen LogP contribution in [0.15, 0.2) is 36.4 Å². The van der Waals surface area contributed by atoms with Crippen molar-refractivity contribution in [2.45, 2.75) is 6.61 Å². The maximum atomic E-state index is 12.2. The van der Waals surface area contributed by atoms with Gasteiger partial charge < -0.3 is 10.1 Å². The highest BCUT2D eigenvalue weighted by Gasteiger charge is 2.17. The average Bonchev–Trinajstić information content (AvgIpc) is 2.49. The lowest BCUT2D eigenvalue weighted by Crippen LogP contribution is -2.13. The van der Waals surface area contributed by atoms with Crippen molar-refractivity contribution >= 4 is 40.5 Å². The van der Waals surface area contributed by atoms with Gasteiger partial charge in [0.15, 0.2) is 0 Å². The molecule has 10 heteroatoms. The molecule has 0 aliphatic carbocycles. The summed E-state index contributed by atoms with van der Waals surface area (Å²) in [5, 5.41) is 13.0. The fourth-order valence-electron chi connectivity index (χ4n) is 1.77. The number of nitro benzene ring substituents is 1. The van der Waals surface area contributed by atoms with Crippen LogP contribution in [-0.2, 0) is 0 Å². The van der Waals surface area contributed by atoms with Crippen molar-refractivity contribution in [1.29, 1.82) is 0 Å². The zero-order valence-electron chi connectivity index (χ0n) is 11.6. The lowest BCUT2D eigenvalue weighted by molar-refractivity contribution is -0.384. The number of nitrogens with zero attached hydrogens (tertiary/aromatic N) is 1. The largest absolute Gasteiger partial charge is 0.433 e. The molecule has 126 valence electrons. The Balaban J connectivity index is 2.22. The predicted octanol–water partition coefficient (Wildman–Crippen LogP) is 4.76. The molecule has 1 N–H and O–H groups in total. The molecule has 0 unspecified atom stereocenters. The van der Waals surface area contributed by atoms with Gasteiger partial charge in [-0.15, -0.1) is 0 Å². The molecular weight excluding hydrogens is 369 g/mol. The van der Waals surface area contributed by atoms with Crippen molar-refractivity contribution in [2.24, 2.45) is 0 Å². The number of nitro groups is 1. The van der Waals surface area contributed by atoms with Gasteiger partial charge in [0, 0.05) is 17.8 Å². The summed E-state index contributed by atoms with van der Waals surface area (Å²) >= 11 is 11.6. The second-order valence-electron chi connectivity index (χ2n) is 4.40. The molecule has 0 fully saturated rings. The van der Waals surface area contributed by atoms with Crippen LogP contribution >= 0.6 is 23.2 Å². The number of amides is 1. The van der Waals surface area contributed by atoms with Crippen LogP contribution in [0.2, 0.25) is 10.0 Å². The Kier molecular flexibility index (Phi) is 5.53. The Morgan fingerprint density at radius 1 is 1.17 bits per heavy atom. The number of hydrogen-bond acceptors (Lipinski definition) is 4. The van der Waals surface area contributed by atoms with Crippen molar-refractivity contribution < 1.29 is 23.2 Å². The van der Waals surface area contributed by atoms with Crippen LogP contribution in [0.4, 0.5) is 20.2 Å². The van der Waals surface area contributed by atoms with E-state index in [4.69, 9.17) is 23.2 Å². The van der Waals surface area contributed by atoms with Gasteiger partial charge in [-0.25, -0.2) is 0 Å². The van der Waals surface area contributed by atoms with Crippen molar-refractivity contribution in [3.05, 3.63) is 62.1 Å². The molecule has 2 aromatic carbocycles. The van der Waals surface area contributed by atoms with Crippen LogP contribution in [0.5, 0.6) is 5.75 Å². The van der Waals surface area contributed by atoms with E-state index in [1.54, 1.807) is 0 Å². The Bertz CT molecular complexity index is 802. The normalized spacial score (nSPS) is 10.5. The van der Waals surface area contributed by atoms with E-state index in [0.29, 0.717) is 0 Å². The van der Waals surface area contributed by atoms with E-state index in [1.807, 2.05) is 0 Å². The van der Waals surface area contributed by atoms with E-state index in [-0.39, 0.29) is 32.7 Å². The second kappa shape index (κ2) is 7.41. The first kappa shape index (κ1) is 17.9. The number of hydrogen-bond donors (Lipinski definition) is 1. The first-order chi connectivity index (χ1) is 11.3. The first-order valence-corrected chi connectivity index (χ1v) is 7.03. The number of benzene rings is 2. The van der Waals surface area contributed by atoms with Gasteiger partial charge in [0.05, 0.1) is 20.5 Å². The third-order valence-corrected chi connectivity index (χ3v) is 3.44. The number of alkyl halides is 2. The highest BCUT2D eigenvalue weighted by molar-refractivity contribution is 6.34. The van der Waals surface area contributed by atoms with Crippen molar-refractivity contribution in [1.82, 2.24) is 0 Å². The van der Waals surface area contributed by atoms with Crippen LogP contribution in [0, 0.1) is 10.1 Å². The molecule has 0 saturated carbocycles. The summed E-state index contributed by atoms with van der Waals surface area (Å²) in [6.07, 6.45) is 0. The van der Waals surface area contributed by atoms with Gasteiger partial charge in [-0.3, -0.25) is 14.9 Å². The summed E-state index contributed by atoms with van der Waals surface area (Å²) in [4.78, 5) is 22.3. The highest BCUT2D eigenvalue weighted by atomic mass is 35.5. The number of rotatable bonds is 5. The Hall–Kier alpha value is -2.45. The fraction of sp³-hybridized carbons (Fsp3) is 0.0714. The fourth-order valence-corrected chi connectivity index (χ4v) is 2.20. The molecule has 0 aromatic heterocycles. The third-order valence-electron chi connectivity index (χ3n) is 2.81. The molecule has 0 aliphatic rings. The number of ether oxygens (including phenoxy) is 1. The Morgan fingerprint density at radius 3 is 2.46 bits per heavy atom. The summed E-state index contributed by atoms with van der Waals surface area (Å²) in [6, 6.07) is 7.04. The number of anilines is 1. The lowest BCUT2D eigenvalue weighted by atomic mass is 10.2. The molecule has 0 saturated heterocycles. The molecule has 6 nitrogen and oxygen atoms in total. The van der Waals surface area contributed by atoms with Gasteiger partial charge in [-0.1, -0.05) is 23.2 Å². The number of nitrogens with one attached hydrogen (secondary N) is 1.